The molecular weight excluding hydrogens is 302 g/mol. The first-order valence-corrected chi connectivity index (χ1v) is 8.41. The van der Waals surface area contributed by atoms with Gasteiger partial charge in [0.05, 0.1) is 0 Å². The number of benzene rings is 4. The van der Waals surface area contributed by atoms with Crippen LogP contribution in [-0.2, 0) is 0 Å². The average Bonchev–Trinajstić information content (AvgIpc) is 2.70. The van der Waals surface area contributed by atoms with E-state index in [0.29, 0.717) is 0 Å². The van der Waals surface area contributed by atoms with Crippen LogP contribution in [0.4, 0.5) is 5.69 Å². The maximum atomic E-state index is 5.77. The molecule has 0 saturated heterocycles. The van der Waals surface area contributed by atoms with Gasteiger partial charge >= 0.3 is 0 Å². The predicted octanol–water partition coefficient (Wildman–Crippen LogP) is 6.27. The van der Waals surface area contributed by atoms with Crippen molar-refractivity contribution in [2.45, 2.75) is 0 Å². The van der Waals surface area contributed by atoms with E-state index in [4.69, 9.17) is 5.73 Å². The molecule has 25 heavy (non-hydrogen) atoms. The summed E-state index contributed by atoms with van der Waals surface area (Å²) in [5.74, 6) is 0. The zero-order valence-electron chi connectivity index (χ0n) is 13.9. The average molecular weight is 321 g/mol. The molecule has 0 unspecified atom stereocenters. The quantitative estimate of drug-likeness (QED) is 0.442. The predicted molar refractivity (Wildman–Crippen MR) is 107 cm³/mol. The molecule has 4 aromatic rings. The molecule has 2 N–H and O–H groups in total. The van der Waals surface area contributed by atoms with Crippen LogP contribution in [0.2, 0.25) is 0 Å². The van der Waals surface area contributed by atoms with Crippen LogP contribution in [0, 0.1) is 0 Å². The van der Waals surface area contributed by atoms with Crippen molar-refractivity contribution in [3.8, 4) is 33.4 Å². The van der Waals surface area contributed by atoms with E-state index < -0.39 is 0 Å². The van der Waals surface area contributed by atoms with Crippen molar-refractivity contribution < 1.29 is 0 Å². The summed E-state index contributed by atoms with van der Waals surface area (Å²) >= 11 is 0. The smallest absolute Gasteiger partial charge is 0.0314 e. The van der Waals surface area contributed by atoms with Crippen LogP contribution in [0.15, 0.2) is 103 Å². The van der Waals surface area contributed by atoms with Crippen molar-refractivity contribution >= 4 is 5.69 Å². The fourth-order valence-electron chi connectivity index (χ4n) is 3.04. The highest BCUT2D eigenvalue weighted by atomic mass is 14.5. The van der Waals surface area contributed by atoms with Crippen molar-refractivity contribution in [3.05, 3.63) is 103 Å². The van der Waals surface area contributed by atoms with Crippen molar-refractivity contribution in [2.24, 2.45) is 0 Å². The molecule has 0 radical (unpaired) electrons. The highest BCUT2D eigenvalue weighted by Crippen LogP contribution is 2.28. The lowest BCUT2D eigenvalue weighted by Crippen LogP contribution is -1.85. The normalized spacial score (nSPS) is 10.6. The Bertz CT molecular complexity index is 968. The van der Waals surface area contributed by atoms with Gasteiger partial charge in [0, 0.05) is 5.69 Å². The Morgan fingerprint density at radius 2 is 0.760 bits per heavy atom. The van der Waals surface area contributed by atoms with Crippen LogP contribution in [-0.4, -0.2) is 0 Å². The van der Waals surface area contributed by atoms with Gasteiger partial charge in [0.1, 0.15) is 0 Å². The maximum absolute atomic E-state index is 5.77. The molecule has 120 valence electrons. The zero-order valence-corrected chi connectivity index (χ0v) is 13.9. The molecule has 0 aliphatic heterocycles. The summed E-state index contributed by atoms with van der Waals surface area (Å²) in [7, 11) is 0. The van der Waals surface area contributed by atoms with E-state index in [2.05, 4.69) is 84.9 Å². The highest BCUT2D eigenvalue weighted by Gasteiger charge is 2.03. The van der Waals surface area contributed by atoms with Crippen LogP contribution in [0.25, 0.3) is 33.4 Å². The van der Waals surface area contributed by atoms with E-state index in [0.717, 1.165) is 5.69 Å². The maximum Gasteiger partial charge on any atom is 0.0314 e. The monoisotopic (exact) mass is 321 g/mol. The Labute approximate surface area is 148 Å². The molecule has 4 aromatic carbocycles. The third-order valence-electron chi connectivity index (χ3n) is 4.43. The Morgan fingerprint density at radius 1 is 0.360 bits per heavy atom. The third-order valence-corrected chi connectivity index (χ3v) is 4.43. The van der Waals surface area contributed by atoms with Crippen molar-refractivity contribution in [1.29, 1.82) is 0 Å². The van der Waals surface area contributed by atoms with Gasteiger partial charge < -0.3 is 5.73 Å². The molecule has 0 fully saturated rings. The van der Waals surface area contributed by atoms with Gasteiger partial charge in [-0.2, -0.15) is 0 Å². The van der Waals surface area contributed by atoms with Gasteiger partial charge in [-0.3, -0.25) is 0 Å². The van der Waals surface area contributed by atoms with Crippen LogP contribution in [0.3, 0.4) is 0 Å². The van der Waals surface area contributed by atoms with Crippen molar-refractivity contribution in [1.82, 2.24) is 0 Å². The standard InChI is InChI=1S/C24H19N/c25-24-15-13-20(14-16-24)19-9-11-21(12-10-19)23-8-4-7-22(17-23)18-5-2-1-3-6-18/h1-17H,25H2. The summed E-state index contributed by atoms with van der Waals surface area (Å²) in [5.41, 5.74) is 13.9. The first kappa shape index (κ1) is 15.2. The van der Waals surface area contributed by atoms with E-state index in [1.165, 1.54) is 33.4 Å². The SMILES string of the molecule is Nc1ccc(-c2ccc(-c3cccc(-c4ccccc4)c3)cc2)cc1. The fraction of sp³-hybridized carbons (Fsp3) is 0. The molecular formula is C24H19N. The molecule has 0 aliphatic carbocycles. The molecule has 0 bridgehead atoms. The summed E-state index contributed by atoms with van der Waals surface area (Å²) < 4.78 is 0. The summed E-state index contributed by atoms with van der Waals surface area (Å²) in [6, 6.07) is 35.8. The second-order valence-corrected chi connectivity index (χ2v) is 6.15. The molecule has 0 amide bonds. The van der Waals surface area contributed by atoms with Gasteiger partial charge in [0.25, 0.3) is 0 Å². The largest absolute Gasteiger partial charge is 0.399 e. The Morgan fingerprint density at radius 3 is 1.32 bits per heavy atom. The topological polar surface area (TPSA) is 26.0 Å². The molecule has 4 rings (SSSR count). The van der Waals surface area contributed by atoms with E-state index in [1.807, 2.05) is 18.2 Å². The van der Waals surface area contributed by atoms with Crippen LogP contribution in [0.5, 0.6) is 0 Å². The zero-order chi connectivity index (χ0) is 17.1. The van der Waals surface area contributed by atoms with Gasteiger partial charge in [-0.1, -0.05) is 84.9 Å². The van der Waals surface area contributed by atoms with Crippen molar-refractivity contribution in [3.63, 3.8) is 0 Å². The minimum Gasteiger partial charge on any atom is -0.399 e. The van der Waals surface area contributed by atoms with Gasteiger partial charge in [0.2, 0.25) is 0 Å². The number of hydrogen-bond acceptors (Lipinski definition) is 1. The molecule has 0 heterocycles. The van der Waals surface area contributed by atoms with Crippen LogP contribution in [0.1, 0.15) is 0 Å². The Balaban J connectivity index is 1.65. The summed E-state index contributed by atoms with van der Waals surface area (Å²) in [6.45, 7) is 0. The van der Waals surface area contributed by atoms with Gasteiger partial charge in [0.15, 0.2) is 0 Å². The fourth-order valence-corrected chi connectivity index (χ4v) is 3.04. The lowest BCUT2D eigenvalue weighted by Gasteiger charge is -2.08. The lowest BCUT2D eigenvalue weighted by molar-refractivity contribution is 1.57. The Kier molecular flexibility index (Phi) is 4.05. The van der Waals surface area contributed by atoms with E-state index in [-0.39, 0.29) is 0 Å². The molecule has 0 aliphatic rings. The first-order chi connectivity index (χ1) is 12.3. The summed E-state index contributed by atoms with van der Waals surface area (Å²) in [5, 5.41) is 0. The molecule has 0 saturated carbocycles. The summed E-state index contributed by atoms with van der Waals surface area (Å²) in [4.78, 5) is 0. The number of nitrogen functional groups attached to an aromatic ring is 1. The highest BCUT2D eigenvalue weighted by molar-refractivity contribution is 5.75. The van der Waals surface area contributed by atoms with E-state index in [1.54, 1.807) is 0 Å². The minimum atomic E-state index is 0.790. The third kappa shape index (κ3) is 3.31. The number of rotatable bonds is 3. The van der Waals surface area contributed by atoms with E-state index >= 15 is 0 Å². The number of anilines is 1. The lowest BCUT2D eigenvalue weighted by atomic mass is 9.97. The Hall–Kier alpha value is -3.32. The minimum absolute atomic E-state index is 0.790. The molecule has 0 aromatic heterocycles. The molecule has 0 spiro atoms. The first-order valence-electron chi connectivity index (χ1n) is 8.41. The van der Waals surface area contributed by atoms with Gasteiger partial charge in [-0.25, -0.2) is 0 Å². The number of hydrogen-bond donors (Lipinski definition) is 1. The van der Waals surface area contributed by atoms with Crippen molar-refractivity contribution in [2.75, 3.05) is 5.73 Å². The molecule has 0 atom stereocenters. The number of nitrogens with two attached hydrogens (primary N) is 1. The summed E-state index contributed by atoms with van der Waals surface area (Å²) in [6.07, 6.45) is 0. The second-order valence-electron chi connectivity index (χ2n) is 6.15. The van der Waals surface area contributed by atoms with Crippen LogP contribution < -0.4 is 5.73 Å². The molecule has 1 heteroatoms. The molecule has 1 nitrogen and oxygen atoms in total. The van der Waals surface area contributed by atoms with Gasteiger partial charge in [-0.05, 0) is 51.6 Å². The second kappa shape index (κ2) is 6.66. The van der Waals surface area contributed by atoms with Crippen LogP contribution >= 0.6 is 0 Å². The van der Waals surface area contributed by atoms with E-state index in [9.17, 15) is 0 Å². The van der Waals surface area contributed by atoms with Gasteiger partial charge in [-0.15, -0.1) is 0 Å².